The highest BCUT2D eigenvalue weighted by Crippen LogP contribution is 2.20. The summed E-state index contributed by atoms with van der Waals surface area (Å²) in [5.74, 6) is 0.777. The van der Waals surface area contributed by atoms with Crippen molar-refractivity contribution in [1.82, 2.24) is 9.78 Å². The highest BCUT2D eigenvalue weighted by atomic mass is 16.5. The SMILES string of the molecule is CC1CCN(c2cnn(CCOCCN)c(=O)c2)CC1. The molecule has 0 atom stereocenters. The fourth-order valence-corrected chi connectivity index (χ4v) is 2.37. The van der Waals surface area contributed by atoms with Gasteiger partial charge in [-0.15, -0.1) is 0 Å². The van der Waals surface area contributed by atoms with E-state index in [1.54, 1.807) is 12.3 Å². The van der Waals surface area contributed by atoms with Crippen molar-refractivity contribution in [3.05, 3.63) is 22.6 Å². The van der Waals surface area contributed by atoms with E-state index in [4.69, 9.17) is 10.5 Å². The quantitative estimate of drug-likeness (QED) is 0.766. The van der Waals surface area contributed by atoms with E-state index in [0.717, 1.165) is 24.7 Å². The maximum absolute atomic E-state index is 12.0. The van der Waals surface area contributed by atoms with Crippen LogP contribution >= 0.6 is 0 Å². The average molecular weight is 280 g/mol. The van der Waals surface area contributed by atoms with Crippen molar-refractivity contribution >= 4 is 5.69 Å². The molecule has 1 aliphatic heterocycles. The Hall–Kier alpha value is -1.40. The van der Waals surface area contributed by atoms with Gasteiger partial charge in [-0.05, 0) is 18.8 Å². The molecule has 0 aromatic carbocycles. The Morgan fingerprint density at radius 2 is 2.15 bits per heavy atom. The van der Waals surface area contributed by atoms with E-state index in [9.17, 15) is 4.79 Å². The lowest BCUT2D eigenvalue weighted by atomic mass is 9.99. The molecule has 0 unspecified atom stereocenters. The largest absolute Gasteiger partial charge is 0.378 e. The van der Waals surface area contributed by atoms with Crippen LogP contribution in [0.3, 0.4) is 0 Å². The third kappa shape index (κ3) is 4.05. The van der Waals surface area contributed by atoms with Crippen LogP contribution in [0.5, 0.6) is 0 Å². The number of nitrogens with zero attached hydrogens (tertiary/aromatic N) is 3. The van der Waals surface area contributed by atoms with E-state index in [1.165, 1.54) is 17.5 Å². The molecule has 0 bridgehead atoms. The first kappa shape index (κ1) is 15.0. The number of hydrogen-bond donors (Lipinski definition) is 1. The lowest BCUT2D eigenvalue weighted by molar-refractivity contribution is 0.129. The summed E-state index contributed by atoms with van der Waals surface area (Å²) in [6.07, 6.45) is 4.13. The Labute approximate surface area is 119 Å². The number of piperidine rings is 1. The van der Waals surface area contributed by atoms with Crippen molar-refractivity contribution in [3.8, 4) is 0 Å². The minimum absolute atomic E-state index is 0.0718. The average Bonchev–Trinajstić information content (AvgIpc) is 2.46. The lowest BCUT2D eigenvalue weighted by Crippen LogP contribution is -2.34. The van der Waals surface area contributed by atoms with Gasteiger partial charge in [0.1, 0.15) is 0 Å². The van der Waals surface area contributed by atoms with Crippen molar-refractivity contribution in [2.45, 2.75) is 26.3 Å². The van der Waals surface area contributed by atoms with Gasteiger partial charge in [0.05, 0.1) is 31.6 Å². The summed E-state index contributed by atoms with van der Waals surface area (Å²) in [6.45, 7) is 6.22. The van der Waals surface area contributed by atoms with Crippen LogP contribution in [0.4, 0.5) is 5.69 Å². The number of ether oxygens (including phenoxy) is 1. The molecule has 0 radical (unpaired) electrons. The monoisotopic (exact) mass is 280 g/mol. The van der Waals surface area contributed by atoms with Gasteiger partial charge in [0.25, 0.3) is 5.56 Å². The van der Waals surface area contributed by atoms with Crippen molar-refractivity contribution in [2.24, 2.45) is 11.7 Å². The molecule has 0 saturated carbocycles. The zero-order chi connectivity index (χ0) is 14.4. The minimum atomic E-state index is -0.0718. The minimum Gasteiger partial charge on any atom is -0.378 e. The third-order valence-electron chi connectivity index (χ3n) is 3.71. The fraction of sp³-hybridized carbons (Fsp3) is 0.714. The second kappa shape index (κ2) is 7.40. The van der Waals surface area contributed by atoms with Crippen LogP contribution < -0.4 is 16.2 Å². The molecule has 0 aliphatic carbocycles. The fourth-order valence-electron chi connectivity index (χ4n) is 2.37. The van der Waals surface area contributed by atoms with Gasteiger partial charge in [-0.1, -0.05) is 6.92 Å². The zero-order valence-electron chi connectivity index (χ0n) is 12.1. The highest BCUT2D eigenvalue weighted by molar-refractivity contribution is 5.43. The molecular formula is C14H24N4O2. The van der Waals surface area contributed by atoms with Gasteiger partial charge in [-0.25, -0.2) is 4.68 Å². The van der Waals surface area contributed by atoms with Crippen LogP contribution in [0.15, 0.2) is 17.1 Å². The standard InChI is InChI=1S/C14H24N4O2/c1-12-2-5-17(6-3-12)13-10-14(19)18(16-11-13)7-9-20-8-4-15/h10-12H,2-9,15H2,1H3. The van der Waals surface area contributed by atoms with Crippen LogP contribution in [0.1, 0.15) is 19.8 Å². The predicted molar refractivity (Wildman–Crippen MR) is 79.0 cm³/mol. The molecule has 1 aromatic heterocycles. The van der Waals surface area contributed by atoms with E-state index in [2.05, 4.69) is 16.9 Å². The molecule has 2 heterocycles. The van der Waals surface area contributed by atoms with Gasteiger partial charge in [0, 0.05) is 25.7 Å². The van der Waals surface area contributed by atoms with Gasteiger partial charge in [0.2, 0.25) is 0 Å². The van der Waals surface area contributed by atoms with Crippen molar-refractivity contribution < 1.29 is 4.74 Å². The zero-order valence-corrected chi connectivity index (χ0v) is 12.1. The molecule has 6 nitrogen and oxygen atoms in total. The highest BCUT2D eigenvalue weighted by Gasteiger charge is 2.16. The Bertz CT molecular complexity index is 466. The normalized spacial score (nSPS) is 16.6. The van der Waals surface area contributed by atoms with Crippen LogP contribution in [0, 0.1) is 5.92 Å². The summed E-state index contributed by atoms with van der Waals surface area (Å²) in [7, 11) is 0. The van der Waals surface area contributed by atoms with E-state index in [0.29, 0.717) is 26.3 Å². The summed E-state index contributed by atoms with van der Waals surface area (Å²) in [4.78, 5) is 14.2. The lowest BCUT2D eigenvalue weighted by Gasteiger charge is -2.31. The summed E-state index contributed by atoms with van der Waals surface area (Å²) in [5.41, 5.74) is 6.20. The van der Waals surface area contributed by atoms with E-state index >= 15 is 0 Å². The molecule has 1 aliphatic rings. The van der Waals surface area contributed by atoms with Gasteiger partial charge in [-0.2, -0.15) is 5.10 Å². The summed E-state index contributed by atoms with van der Waals surface area (Å²) < 4.78 is 6.70. The van der Waals surface area contributed by atoms with E-state index in [1.807, 2.05) is 0 Å². The van der Waals surface area contributed by atoms with Crippen molar-refractivity contribution in [3.63, 3.8) is 0 Å². The van der Waals surface area contributed by atoms with E-state index in [-0.39, 0.29) is 5.56 Å². The first-order valence-corrected chi connectivity index (χ1v) is 7.30. The molecule has 1 saturated heterocycles. The molecule has 112 valence electrons. The molecular weight excluding hydrogens is 256 g/mol. The van der Waals surface area contributed by atoms with Crippen LogP contribution in [-0.4, -0.2) is 42.6 Å². The Morgan fingerprint density at radius 1 is 1.40 bits per heavy atom. The molecule has 1 fully saturated rings. The molecule has 1 aromatic rings. The Morgan fingerprint density at radius 3 is 2.80 bits per heavy atom. The predicted octanol–water partition coefficient (Wildman–Crippen LogP) is 0.455. The van der Waals surface area contributed by atoms with E-state index < -0.39 is 0 Å². The smallest absolute Gasteiger partial charge is 0.268 e. The van der Waals surface area contributed by atoms with Crippen LogP contribution in [0.2, 0.25) is 0 Å². The maximum Gasteiger partial charge on any atom is 0.268 e. The van der Waals surface area contributed by atoms with Crippen LogP contribution in [-0.2, 0) is 11.3 Å². The number of nitrogens with two attached hydrogens (primary N) is 1. The maximum atomic E-state index is 12.0. The molecule has 2 rings (SSSR count). The summed E-state index contributed by atoms with van der Waals surface area (Å²) >= 11 is 0. The number of hydrogen-bond acceptors (Lipinski definition) is 5. The van der Waals surface area contributed by atoms with Gasteiger partial charge in [0.15, 0.2) is 0 Å². The van der Waals surface area contributed by atoms with Crippen molar-refractivity contribution in [1.29, 1.82) is 0 Å². The van der Waals surface area contributed by atoms with Gasteiger partial charge < -0.3 is 15.4 Å². The first-order valence-electron chi connectivity index (χ1n) is 7.30. The molecule has 2 N–H and O–H groups in total. The van der Waals surface area contributed by atoms with Gasteiger partial charge in [-0.3, -0.25) is 4.79 Å². The molecule has 6 heteroatoms. The first-order chi connectivity index (χ1) is 9.70. The van der Waals surface area contributed by atoms with Crippen molar-refractivity contribution in [2.75, 3.05) is 37.7 Å². The topological polar surface area (TPSA) is 73.4 Å². The third-order valence-corrected chi connectivity index (χ3v) is 3.71. The second-order valence-electron chi connectivity index (χ2n) is 5.35. The summed E-state index contributed by atoms with van der Waals surface area (Å²) in [5, 5.41) is 4.22. The molecule has 0 spiro atoms. The summed E-state index contributed by atoms with van der Waals surface area (Å²) in [6, 6.07) is 1.67. The van der Waals surface area contributed by atoms with Crippen LogP contribution in [0.25, 0.3) is 0 Å². The number of anilines is 1. The Kier molecular flexibility index (Phi) is 5.55. The van der Waals surface area contributed by atoms with Gasteiger partial charge >= 0.3 is 0 Å². The second-order valence-corrected chi connectivity index (χ2v) is 5.35. The Balaban J connectivity index is 1.93. The number of aromatic nitrogens is 2. The number of rotatable bonds is 6. The molecule has 20 heavy (non-hydrogen) atoms. The molecule has 0 amide bonds.